The average molecular weight is 1080 g/mol. The molecular weight excluding hydrogens is 1020 g/mol. The van der Waals surface area contributed by atoms with Crippen LogP contribution in [0.4, 0.5) is 0 Å². The van der Waals surface area contributed by atoms with Crippen molar-refractivity contribution in [3.05, 3.63) is 156 Å². The quantitative estimate of drug-likeness (QED) is 0.0818. The Labute approximate surface area is 414 Å². The molecule has 0 amide bonds. The summed E-state index contributed by atoms with van der Waals surface area (Å²) >= 11 is 0. The number of benzene rings is 3. The Bertz CT molecular complexity index is 3170. The molecule has 0 unspecified atom stereocenters. The normalized spacial score (nSPS) is 12.1. The van der Waals surface area contributed by atoms with E-state index in [4.69, 9.17) is 13.8 Å². The van der Waals surface area contributed by atoms with Gasteiger partial charge in [-0.1, -0.05) is 133 Å². The Morgan fingerprint density at radius 2 is 1.10 bits per heavy atom. The van der Waals surface area contributed by atoms with Crippen LogP contribution in [0.2, 0.25) is 0 Å². The van der Waals surface area contributed by atoms with Gasteiger partial charge in [0.2, 0.25) is 11.4 Å². The largest absolute Gasteiger partial charge is 0.512 e. The van der Waals surface area contributed by atoms with Crippen molar-refractivity contribution in [2.75, 3.05) is 0 Å². The zero-order valence-electron chi connectivity index (χ0n) is 41.2. The van der Waals surface area contributed by atoms with Gasteiger partial charge in [-0.25, -0.2) is 9.97 Å². The predicted molar refractivity (Wildman–Crippen MR) is 274 cm³/mol. The molecule has 0 spiro atoms. The minimum absolute atomic E-state index is 0. The number of pyridine rings is 4. The molecule has 9 rings (SSSR count). The van der Waals surface area contributed by atoms with Crippen LogP contribution in [0, 0.1) is 36.8 Å². The first-order valence-corrected chi connectivity index (χ1v) is 23.4. The van der Waals surface area contributed by atoms with E-state index in [0.29, 0.717) is 11.4 Å². The molecule has 6 heterocycles. The van der Waals surface area contributed by atoms with Crippen LogP contribution >= 0.6 is 0 Å². The summed E-state index contributed by atoms with van der Waals surface area (Å²) in [6.45, 7) is 22.7. The van der Waals surface area contributed by atoms with Crippen molar-refractivity contribution >= 4 is 49.9 Å². The van der Waals surface area contributed by atoms with Gasteiger partial charge in [-0.3, -0.25) is 4.79 Å². The van der Waals surface area contributed by atoms with Crippen molar-refractivity contribution in [1.82, 2.24) is 19.9 Å². The van der Waals surface area contributed by atoms with Gasteiger partial charge >= 0.3 is 0 Å². The third-order valence-corrected chi connectivity index (χ3v) is 13.5. The summed E-state index contributed by atoms with van der Waals surface area (Å²) < 4.78 is 12.0. The summed E-state index contributed by atoms with van der Waals surface area (Å²) in [7, 11) is 0. The van der Waals surface area contributed by atoms with Crippen molar-refractivity contribution in [2.45, 2.75) is 107 Å². The van der Waals surface area contributed by atoms with Gasteiger partial charge in [0, 0.05) is 71.6 Å². The summed E-state index contributed by atoms with van der Waals surface area (Å²) in [6, 6.07) is 41.1. The monoisotopic (exact) mass is 1080 g/mol. The molecule has 0 saturated heterocycles. The van der Waals surface area contributed by atoms with Crippen molar-refractivity contribution in [3.8, 4) is 33.6 Å². The van der Waals surface area contributed by atoms with Crippen LogP contribution in [0.1, 0.15) is 105 Å². The first kappa shape index (κ1) is 51.1. The molecule has 353 valence electrons. The molecule has 1 N–H and O–H groups in total. The van der Waals surface area contributed by atoms with Gasteiger partial charge in [0.15, 0.2) is 5.78 Å². The maximum atomic E-state index is 12.2. The second kappa shape index (κ2) is 21.3. The van der Waals surface area contributed by atoms with E-state index in [-0.39, 0.29) is 47.9 Å². The molecular formula is C59H62IrN4O4-2. The molecule has 68 heavy (non-hydrogen) atoms. The van der Waals surface area contributed by atoms with Gasteiger partial charge in [0.1, 0.15) is 5.76 Å². The van der Waals surface area contributed by atoms with E-state index in [2.05, 4.69) is 84.3 Å². The number of furan rings is 2. The predicted octanol–water partition coefficient (Wildman–Crippen LogP) is 15.9. The number of aliphatic hydroxyl groups excluding tert-OH is 1. The fourth-order valence-corrected chi connectivity index (χ4v) is 7.88. The zero-order chi connectivity index (χ0) is 48.1. The second-order valence-electron chi connectivity index (χ2n) is 18.9. The molecule has 0 fully saturated rings. The molecule has 3 aromatic carbocycles. The molecule has 0 aliphatic heterocycles. The minimum atomic E-state index is -0.337. The molecule has 9 heteroatoms. The fourth-order valence-electron chi connectivity index (χ4n) is 7.88. The summed E-state index contributed by atoms with van der Waals surface area (Å²) in [5.74, 6) is 0.286. The molecule has 6 aromatic heterocycles. The maximum absolute atomic E-state index is 12.2. The maximum Gasteiger partial charge on any atom is 0.216 e. The van der Waals surface area contributed by atoms with E-state index in [1.165, 1.54) is 11.6 Å². The molecule has 0 aliphatic rings. The Morgan fingerprint density at radius 1 is 0.603 bits per heavy atom. The number of hydrogen-bond donors (Lipinski definition) is 1. The number of nitrogens with zero attached hydrogens (tertiary/aromatic N) is 4. The topological polar surface area (TPSA) is 115 Å². The summed E-state index contributed by atoms with van der Waals surface area (Å²) in [6.07, 6.45) is 8.44. The first-order chi connectivity index (χ1) is 32.0. The first-order valence-electron chi connectivity index (χ1n) is 23.4. The van der Waals surface area contributed by atoms with Gasteiger partial charge in [0.05, 0.1) is 11.2 Å². The van der Waals surface area contributed by atoms with E-state index in [1.54, 1.807) is 6.20 Å². The molecule has 0 atom stereocenters. The van der Waals surface area contributed by atoms with Crippen molar-refractivity contribution in [1.29, 1.82) is 0 Å². The number of rotatable bonds is 10. The van der Waals surface area contributed by atoms with Crippen LogP contribution in [0.3, 0.4) is 0 Å². The number of aryl methyl sites for hydroxylation is 2. The molecule has 0 saturated carbocycles. The minimum Gasteiger partial charge on any atom is -0.512 e. The van der Waals surface area contributed by atoms with Crippen LogP contribution in [0.25, 0.3) is 77.8 Å². The van der Waals surface area contributed by atoms with E-state index >= 15 is 0 Å². The van der Waals surface area contributed by atoms with Crippen molar-refractivity contribution in [3.63, 3.8) is 0 Å². The van der Waals surface area contributed by atoms with Gasteiger partial charge in [-0.15, -0.1) is 36.4 Å². The van der Waals surface area contributed by atoms with E-state index in [0.717, 1.165) is 103 Å². The van der Waals surface area contributed by atoms with Crippen LogP contribution < -0.4 is 0 Å². The number of ketones is 1. The van der Waals surface area contributed by atoms with Crippen molar-refractivity contribution < 1.29 is 38.8 Å². The Kier molecular flexibility index (Phi) is 16.0. The number of carbonyl (C=O) groups is 1. The Balaban J connectivity index is 0.000000176. The summed E-state index contributed by atoms with van der Waals surface area (Å²) in [5.41, 5.74) is 11.3. The smallest absolute Gasteiger partial charge is 0.216 e. The van der Waals surface area contributed by atoms with Gasteiger partial charge in [-0.2, -0.15) is 0 Å². The van der Waals surface area contributed by atoms with Crippen LogP contribution in [0.5, 0.6) is 0 Å². The molecule has 8 nitrogen and oxygen atoms in total. The summed E-state index contributed by atoms with van der Waals surface area (Å²) in [4.78, 5) is 30.2. The third-order valence-electron chi connectivity index (χ3n) is 13.5. The third kappa shape index (κ3) is 10.9. The van der Waals surface area contributed by atoms with E-state index in [9.17, 15) is 9.90 Å². The Morgan fingerprint density at radius 3 is 1.54 bits per heavy atom. The van der Waals surface area contributed by atoms with Crippen molar-refractivity contribution in [2.24, 2.45) is 10.8 Å². The number of aliphatic hydroxyl groups is 1. The molecule has 0 aliphatic carbocycles. The van der Waals surface area contributed by atoms with E-state index < -0.39 is 0 Å². The molecule has 1 radical (unpaired) electrons. The van der Waals surface area contributed by atoms with Gasteiger partial charge in [0.25, 0.3) is 0 Å². The van der Waals surface area contributed by atoms with Crippen LogP contribution in [-0.4, -0.2) is 30.8 Å². The summed E-state index contributed by atoms with van der Waals surface area (Å²) in [5, 5.41) is 14.3. The van der Waals surface area contributed by atoms with Crippen LogP contribution in [0.15, 0.2) is 136 Å². The van der Waals surface area contributed by atoms with Gasteiger partial charge < -0.3 is 23.9 Å². The number of hydrogen-bond acceptors (Lipinski definition) is 8. The zero-order valence-corrected chi connectivity index (χ0v) is 43.6. The fraction of sp³-hybridized carbons (Fsp3) is 0.305. The van der Waals surface area contributed by atoms with Crippen LogP contribution in [-0.2, 0) is 30.3 Å². The average Bonchev–Trinajstić information content (AvgIpc) is 3.91. The number of aromatic nitrogens is 4. The van der Waals surface area contributed by atoms with E-state index in [1.807, 2.05) is 128 Å². The SMILES string of the molecule is CCC(C)(CC)C(=O)/C=C(\O)C(C)(CC)CC.Cc1ccc2c(n1)oc1c(-c3ccc(-c4ccc(C(C)(C)C)cc4)cn3)[c-]ccc12.Cc1ccc2c(n1)oc1c(-c3ccccn3)[c-]ccc12.[Ir]. The number of carbonyl (C=O) groups excluding carboxylic acids is 1. The molecule has 0 bridgehead atoms. The Hall–Kier alpha value is -6.28. The van der Waals surface area contributed by atoms with Gasteiger partial charge in [-0.05, 0) is 103 Å². The number of fused-ring (bicyclic) bond motifs is 6. The number of allylic oxidation sites excluding steroid dienone is 2. The standard InChI is InChI=1S/C27H23N2O.C17H11N2O.C15H28O2.Ir/c1-17-8-14-22-21-6-5-7-23(25(21)30-26(22)29-17)24-15-11-19(16-28-24)18-9-12-20(13-10-18)27(2,3)4;1-11-8-9-13-12-5-4-6-14(15-7-2-3-10-18-15)16(12)20-17(13)19-11;1-7-14(5,8-2)12(16)11-13(17)15(6,9-3)10-4;/h5-6,8-16H,1-4H3;2-5,7-10H,1H3;11,16H,7-10H2,1-6H3;/q2*-1;;/b;;12-11-;. The molecule has 9 aromatic rings. The second-order valence-corrected chi connectivity index (χ2v) is 18.9.